The van der Waals surface area contributed by atoms with Gasteiger partial charge in [0.05, 0.1) is 0 Å². The van der Waals surface area contributed by atoms with Gasteiger partial charge in [-0.2, -0.15) is 0 Å². The fourth-order valence-corrected chi connectivity index (χ4v) is 1.97. The molecule has 2 aliphatic rings. The number of rotatable bonds is 2. The fraction of sp³-hybridized carbons (Fsp3) is 0. The Balaban J connectivity index is 1.91. The van der Waals surface area contributed by atoms with Gasteiger partial charge < -0.3 is 4.74 Å². The zero-order chi connectivity index (χ0) is 12.4. The van der Waals surface area contributed by atoms with Gasteiger partial charge in [0.2, 0.25) is 0 Å². The van der Waals surface area contributed by atoms with Crippen molar-refractivity contribution in [1.29, 1.82) is 0 Å². The Morgan fingerprint density at radius 1 is 1.00 bits per heavy atom. The molecular weight excluding hydrogens is 224 g/mol. The molecule has 1 aliphatic carbocycles. The summed E-state index contributed by atoms with van der Waals surface area (Å²) in [5.74, 6) is 1.32. The van der Waals surface area contributed by atoms with Gasteiger partial charge in [-0.3, -0.25) is 0 Å². The maximum Gasteiger partial charge on any atom is 0.336 e. The van der Waals surface area contributed by atoms with E-state index in [9.17, 15) is 4.79 Å². The van der Waals surface area contributed by atoms with E-state index in [-0.39, 0.29) is 5.97 Å². The summed E-state index contributed by atoms with van der Waals surface area (Å²) in [5, 5.41) is 0. The van der Waals surface area contributed by atoms with Gasteiger partial charge in [0.1, 0.15) is 5.76 Å². The highest BCUT2D eigenvalue weighted by Gasteiger charge is 2.24. The quantitative estimate of drug-likeness (QED) is 0.737. The van der Waals surface area contributed by atoms with Crippen molar-refractivity contribution in [3.63, 3.8) is 0 Å². The molecule has 0 spiro atoms. The minimum absolute atomic E-state index is 0.313. The third-order valence-electron chi connectivity index (χ3n) is 2.81. The topological polar surface area (TPSA) is 26.3 Å². The van der Waals surface area contributed by atoms with Gasteiger partial charge in [0.15, 0.2) is 0 Å². The molecule has 0 atom stereocenters. The van der Waals surface area contributed by atoms with E-state index in [2.05, 4.69) is 0 Å². The highest BCUT2D eigenvalue weighted by atomic mass is 16.5. The normalized spacial score (nSPS) is 22.3. The molecule has 1 aliphatic heterocycles. The van der Waals surface area contributed by atoms with Crippen molar-refractivity contribution in [3.8, 4) is 0 Å². The fourth-order valence-electron chi connectivity index (χ4n) is 1.97. The van der Waals surface area contributed by atoms with E-state index in [1.807, 2.05) is 62.1 Å². The molecular formula is C16H11O2. The first-order valence-corrected chi connectivity index (χ1v) is 5.76. The van der Waals surface area contributed by atoms with Gasteiger partial charge in [-0.1, -0.05) is 30.3 Å². The molecule has 0 N–H and O–H groups in total. The van der Waals surface area contributed by atoms with Crippen LogP contribution in [-0.4, -0.2) is 5.97 Å². The summed E-state index contributed by atoms with van der Waals surface area (Å²) in [6, 6.07) is 9.76. The van der Waals surface area contributed by atoms with Gasteiger partial charge in [-0.25, -0.2) is 4.79 Å². The van der Waals surface area contributed by atoms with Gasteiger partial charge in [-0.05, 0) is 37.3 Å². The third-order valence-corrected chi connectivity index (χ3v) is 2.81. The van der Waals surface area contributed by atoms with Crippen molar-refractivity contribution in [2.24, 2.45) is 0 Å². The molecule has 0 amide bonds. The predicted octanol–water partition coefficient (Wildman–Crippen LogP) is 2.92. The van der Waals surface area contributed by atoms with Crippen LogP contribution < -0.4 is 0 Å². The van der Waals surface area contributed by atoms with Crippen molar-refractivity contribution < 1.29 is 9.53 Å². The zero-order valence-electron chi connectivity index (χ0n) is 9.67. The number of carbonyl (C=O) groups is 1. The summed E-state index contributed by atoms with van der Waals surface area (Å²) in [6.07, 6.45) is 11.3. The summed E-state index contributed by atoms with van der Waals surface area (Å²) >= 11 is 0. The molecule has 1 fully saturated rings. The molecule has 87 valence electrons. The van der Waals surface area contributed by atoms with Crippen LogP contribution in [0.25, 0.3) is 5.57 Å². The summed E-state index contributed by atoms with van der Waals surface area (Å²) in [5.41, 5.74) is 1.82. The molecule has 2 nitrogen and oxygen atoms in total. The summed E-state index contributed by atoms with van der Waals surface area (Å²) in [6.45, 7) is 0. The van der Waals surface area contributed by atoms with Gasteiger partial charge in [0.25, 0.3) is 0 Å². The maximum absolute atomic E-state index is 11.4. The molecule has 5 radical (unpaired) electrons. The van der Waals surface area contributed by atoms with E-state index in [0.29, 0.717) is 5.76 Å². The lowest BCUT2D eigenvalue weighted by Crippen LogP contribution is -1.95. The molecule has 2 heteroatoms. The lowest BCUT2D eigenvalue weighted by Gasteiger charge is -2.07. The Morgan fingerprint density at radius 3 is 2.44 bits per heavy atom. The molecule has 0 unspecified atom stereocenters. The number of benzene rings is 1. The summed E-state index contributed by atoms with van der Waals surface area (Å²) < 4.78 is 5.23. The van der Waals surface area contributed by atoms with E-state index < -0.39 is 0 Å². The Morgan fingerprint density at radius 2 is 1.72 bits per heavy atom. The SMILES string of the molecule is O=C1C=C(c2ccccc2)/C(=C/[C]2[CH][CH][CH][CH]2)O1. The number of cyclic esters (lactones) is 1. The van der Waals surface area contributed by atoms with Crippen molar-refractivity contribution in [2.45, 2.75) is 0 Å². The average molecular weight is 235 g/mol. The maximum atomic E-state index is 11.4. The number of hydrogen-bond donors (Lipinski definition) is 0. The number of carbonyl (C=O) groups excluding carboxylic acids is 1. The highest BCUT2D eigenvalue weighted by Crippen LogP contribution is 2.33. The largest absolute Gasteiger partial charge is 0.423 e. The smallest absolute Gasteiger partial charge is 0.336 e. The van der Waals surface area contributed by atoms with Crippen LogP contribution in [0, 0.1) is 31.6 Å². The summed E-state index contributed by atoms with van der Waals surface area (Å²) in [7, 11) is 0. The number of esters is 1. The van der Waals surface area contributed by atoms with Crippen LogP contribution in [0.5, 0.6) is 0 Å². The molecule has 3 rings (SSSR count). The third kappa shape index (κ3) is 2.23. The molecule has 1 heterocycles. The van der Waals surface area contributed by atoms with E-state index in [1.54, 1.807) is 0 Å². The first kappa shape index (κ1) is 11.3. The Labute approximate surface area is 107 Å². The van der Waals surface area contributed by atoms with Crippen molar-refractivity contribution in [1.82, 2.24) is 0 Å². The lowest BCUT2D eigenvalue weighted by molar-refractivity contribution is -0.132. The van der Waals surface area contributed by atoms with Gasteiger partial charge in [-0.15, -0.1) is 0 Å². The Hall–Kier alpha value is -1.83. The van der Waals surface area contributed by atoms with Gasteiger partial charge >= 0.3 is 5.97 Å². The van der Waals surface area contributed by atoms with Crippen molar-refractivity contribution >= 4 is 11.5 Å². The molecule has 1 aromatic rings. The van der Waals surface area contributed by atoms with Crippen molar-refractivity contribution in [3.05, 3.63) is 85.4 Å². The average Bonchev–Trinajstić information content (AvgIpc) is 3.01. The van der Waals surface area contributed by atoms with Crippen molar-refractivity contribution in [2.75, 3.05) is 0 Å². The second kappa shape index (κ2) is 4.81. The number of allylic oxidation sites excluding steroid dienone is 2. The van der Waals surface area contributed by atoms with E-state index in [0.717, 1.165) is 17.1 Å². The zero-order valence-corrected chi connectivity index (χ0v) is 9.67. The molecule has 0 aromatic heterocycles. The van der Waals surface area contributed by atoms with Crippen LogP contribution >= 0.6 is 0 Å². The molecule has 18 heavy (non-hydrogen) atoms. The van der Waals surface area contributed by atoms with Crippen LogP contribution in [0.4, 0.5) is 0 Å². The Kier molecular flexibility index (Phi) is 3.01. The summed E-state index contributed by atoms with van der Waals surface area (Å²) in [4.78, 5) is 11.4. The lowest BCUT2D eigenvalue weighted by atomic mass is 10.0. The van der Waals surface area contributed by atoms with Crippen LogP contribution in [0.3, 0.4) is 0 Å². The van der Waals surface area contributed by atoms with Crippen LogP contribution in [0.2, 0.25) is 0 Å². The van der Waals surface area contributed by atoms with Crippen LogP contribution in [-0.2, 0) is 9.53 Å². The minimum atomic E-state index is -0.313. The predicted molar refractivity (Wildman–Crippen MR) is 69.0 cm³/mol. The standard InChI is InChI=1S/C16H11O2/c17-16-11-14(13-8-2-1-3-9-13)15(18-16)10-12-6-4-5-7-12/h1-11H/b15-10-. The number of hydrogen-bond acceptors (Lipinski definition) is 2. The highest BCUT2D eigenvalue weighted by molar-refractivity contribution is 6.01. The Bertz CT molecular complexity index is 505. The number of ether oxygens (including phenoxy) is 1. The van der Waals surface area contributed by atoms with Crippen LogP contribution in [0.15, 0.2) is 48.2 Å². The van der Waals surface area contributed by atoms with E-state index >= 15 is 0 Å². The molecule has 0 bridgehead atoms. The monoisotopic (exact) mass is 235 g/mol. The second-order valence-corrected chi connectivity index (χ2v) is 4.07. The molecule has 1 aromatic carbocycles. The first-order chi connectivity index (χ1) is 8.83. The minimum Gasteiger partial charge on any atom is -0.423 e. The van der Waals surface area contributed by atoms with E-state index in [4.69, 9.17) is 4.74 Å². The molecule has 0 saturated heterocycles. The van der Waals surface area contributed by atoms with Gasteiger partial charge in [0, 0.05) is 17.6 Å². The molecule has 1 saturated carbocycles. The van der Waals surface area contributed by atoms with E-state index in [1.165, 1.54) is 6.08 Å². The first-order valence-electron chi connectivity index (χ1n) is 5.76. The second-order valence-electron chi connectivity index (χ2n) is 4.07. The van der Waals surface area contributed by atoms with Crippen LogP contribution in [0.1, 0.15) is 5.56 Å².